The first-order valence-electron chi connectivity index (χ1n) is 10.0. The fraction of sp³-hybridized carbons (Fsp3) is 0.208. The van der Waals surface area contributed by atoms with Crippen molar-refractivity contribution < 1.29 is 9.53 Å². The summed E-state index contributed by atoms with van der Waals surface area (Å²) in [6, 6.07) is 13.5. The first kappa shape index (κ1) is 20.9. The fourth-order valence-electron chi connectivity index (χ4n) is 3.60. The molecular weight excluding hydrogens is 408 g/mol. The van der Waals surface area contributed by atoms with Crippen LogP contribution in [0.25, 0.3) is 11.8 Å². The van der Waals surface area contributed by atoms with Gasteiger partial charge in [0.05, 0.1) is 29.6 Å². The second-order valence-electron chi connectivity index (χ2n) is 7.13. The van der Waals surface area contributed by atoms with Gasteiger partial charge in [-0.15, -0.1) is 0 Å². The summed E-state index contributed by atoms with van der Waals surface area (Å²) in [7, 11) is 1.63. The second-order valence-corrected chi connectivity index (χ2v) is 8.13. The van der Waals surface area contributed by atoms with E-state index >= 15 is 0 Å². The van der Waals surface area contributed by atoms with E-state index in [0.29, 0.717) is 16.6 Å². The summed E-state index contributed by atoms with van der Waals surface area (Å²) in [5.74, 6) is 0.752. The zero-order valence-corrected chi connectivity index (χ0v) is 18.8. The van der Waals surface area contributed by atoms with E-state index in [4.69, 9.17) is 9.73 Å². The number of likely N-dealkylation sites (N-methyl/N-ethyl adjacent to an activating group) is 1. The number of ether oxygens (including phenoxy) is 1. The largest absolute Gasteiger partial charge is 0.497 e. The molecule has 158 valence electrons. The minimum absolute atomic E-state index is 0.0223. The maximum Gasteiger partial charge on any atom is 0.266 e. The van der Waals surface area contributed by atoms with E-state index in [2.05, 4.69) is 29.5 Å². The van der Waals surface area contributed by atoms with Crippen LogP contribution in [0.4, 0.5) is 5.69 Å². The molecule has 1 aliphatic heterocycles. The van der Waals surface area contributed by atoms with Crippen LogP contribution in [0.2, 0.25) is 0 Å². The zero-order valence-electron chi connectivity index (χ0n) is 18.0. The highest BCUT2D eigenvalue weighted by atomic mass is 32.2. The Balaban J connectivity index is 1.67. The molecule has 4 rings (SSSR count). The highest BCUT2D eigenvalue weighted by molar-refractivity contribution is 8.18. The molecule has 7 heteroatoms. The number of thioether (sulfide) groups is 1. The number of carbonyl (C=O) groups excluding carboxylic acids is 1. The molecule has 0 atom stereocenters. The molecule has 1 aromatic carbocycles. The number of amides is 1. The van der Waals surface area contributed by atoms with E-state index in [1.807, 2.05) is 55.6 Å². The Labute approximate surface area is 186 Å². The van der Waals surface area contributed by atoms with Crippen molar-refractivity contribution in [1.82, 2.24) is 14.5 Å². The third-order valence-electron chi connectivity index (χ3n) is 5.16. The lowest BCUT2D eigenvalue weighted by molar-refractivity contribution is -0.122. The maximum absolute atomic E-state index is 13.0. The number of carbonyl (C=O) groups is 1. The van der Waals surface area contributed by atoms with Crippen molar-refractivity contribution in [1.29, 1.82) is 0 Å². The predicted molar refractivity (Wildman–Crippen MR) is 126 cm³/mol. The van der Waals surface area contributed by atoms with Gasteiger partial charge in [-0.2, -0.15) is 0 Å². The summed E-state index contributed by atoms with van der Waals surface area (Å²) in [6.45, 7) is 6.63. The molecule has 0 aliphatic carbocycles. The number of benzene rings is 1. The quantitative estimate of drug-likeness (QED) is 0.525. The smallest absolute Gasteiger partial charge is 0.266 e. The molecule has 6 nitrogen and oxygen atoms in total. The fourth-order valence-corrected chi connectivity index (χ4v) is 4.65. The average Bonchev–Trinajstić information content (AvgIpc) is 3.23. The van der Waals surface area contributed by atoms with Crippen molar-refractivity contribution in [2.75, 3.05) is 13.7 Å². The number of amidine groups is 1. The van der Waals surface area contributed by atoms with E-state index in [-0.39, 0.29) is 5.91 Å². The van der Waals surface area contributed by atoms with Crippen LogP contribution in [-0.4, -0.2) is 39.2 Å². The number of nitrogens with zero attached hydrogens (tertiary/aromatic N) is 4. The van der Waals surface area contributed by atoms with Gasteiger partial charge in [-0.1, -0.05) is 0 Å². The molecule has 1 aliphatic rings. The lowest BCUT2D eigenvalue weighted by atomic mass is 10.2. The highest BCUT2D eigenvalue weighted by Crippen LogP contribution is 2.35. The van der Waals surface area contributed by atoms with Crippen molar-refractivity contribution in [3.05, 3.63) is 76.7 Å². The molecule has 0 N–H and O–H groups in total. The number of aryl methyl sites for hydroxylation is 1. The molecule has 3 heterocycles. The van der Waals surface area contributed by atoms with Crippen molar-refractivity contribution in [2.24, 2.45) is 4.99 Å². The topological polar surface area (TPSA) is 59.7 Å². The Morgan fingerprint density at radius 2 is 1.97 bits per heavy atom. The summed E-state index contributed by atoms with van der Waals surface area (Å²) in [4.78, 5) is 24.3. The molecule has 1 saturated heterocycles. The molecular formula is C24H24N4O2S. The van der Waals surface area contributed by atoms with E-state index < -0.39 is 0 Å². The van der Waals surface area contributed by atoms with Crippen molar-refractivity contribution in [3.63, 3.8) is 0 Å². The summed E-state index contributed by atoms with van der Waals surface area (Å²) in [5.41, 5.74) is 4.95. The average molecular weight is 433 g/mol. The molecule has 0 saturated carbocycles. The van der Waals surface area contributed by atoms with E-state index in [9.17, 15) is 4.79 Å². The minimum Gasteiger partial charge on any atom is -0.497 e. The molecule has 0 unspecified atom stereocenters. The Kier molecular flexibility index (Phi) is 5.95. The van der Waals surface area contributed by atoms with E-state index in [0.717, 1.165) is 34.1 Å². The first-order valence-corrected chi connectivity index (χ1v) is 10.9. The van der Waals surface area contributed by atoms with Gasteiger partial charge >= 0.3 is 0 Å². The van der Waals surface area contributed by atoms with Crippen LogP contribution in [0.5, 0.6) is 5.75 Å². The Morgan fingerprint density at radius 1 is 1.19 bits per heavy atom. The second kappa shape index (κ2) is 8.81. The van der Waals surface area contributed by atoms with E-state index in [1.54, 1.807) is 18.2 Å². The maximum atomic E-state index is 13.0. The lowest BCUT2D eigenvalue weighted by Gasteiger charge is -2.12. The number of hydrogen-bond acceptors (Lipinski definition) is 5. The summed E-state index contributed by atoms with van der Waals surface area (Å²) in [6.07, 6.45) is 5.56. The van der Waals surface area contributed by atoms with Gasteiger partial charge in [-0.05, 0) is 86.6 Å². The SMILES string of the molecule is CCN1C(=O)/C(=C\c2cc(C)n(-c3cccnc3)c2C)SC1=Nc1ccc(OC)cc1. The van der Waals surface area contributed by atoms with Gasteiger partial charge in [0.25, 0.3) is 5.91 Å². The molecule has 31 heavy (non-hydrogen) atoms. The zero-order chi connectivity index (χ0) is 22.0. The van der Waals surface area contributed by atoms with Crippen LogP contribution in [0.1, 0.15) is 23.9 Å². The molecule has 0 radical (unpaired) electrons. The summed E-state index contributed by atoms with van der Waals surface area (Å²) >= 11 is 1.41. The summed E-state index contributed by atoms with van der Waals surface area (Å²) < 4.78 is 7.35. The number of methoxy groups -OCH3 is 1. The highest BCUT2D eigenvalue weighted by Gasteiger charge is 2.32. The van der Waals surface area contributed by atoms with Gasteiger partial charge < -0.3 is 9.30 Å². The van der Waals surface area contributed by atoms with Crippen molar-refractivity contribution in [3.8, 4) is 11.4 Å². The van der Waals surface area contributed by atoms with Crippen LogP contribution in [0, 0.1) is 13.8 Å². The van der Waals surface area contributed by atoms with Crippen LogP contribution in [0.3, 0.4) is 0 Å². The normalized spacial score (nSPS) is 16.5. The number of pyridine rings is 1. The number of hydrogen-bond donors (Lipinski definition) is 0. The van der Waals surface area contributed by atoms with Gasteiger partial charge in [0, 0.05) is 24.1 Å². The van der Waals surface area contributed by atoms with Crippen LogP contribution in [-0.2, 0) is 4.79 Å². The van der Waals surface area contributed by atoms with Crippen LogP contribution < -0.4 is 4.74 Å². The number of aliphatic imine (C=N–C) groups is 1. The third kappa shape index (κ3) is 4.14. The molecule has 1 fully saturated rings. The third-order valence-corrected chi connectivity index (χ3v) is 6.17. The first-order chi connectivity index (χ1) is 15.0. The molecule has 0 bridgehead atoms. The van der Waals surface area contributed by atoms with Crippen molar-refractivity contribution in [2.45, 2.75) is 20.8 Å². The van der Waals surface area contributed by atoms with Crippen molar-refractivity contribution >= 4 is 34.6 Å². The van der Waals surface area contributed by atoms with Gasteiger partial charge in [0.1, 0.15) is 5.75 Å². The van der Waals surface area contributed by atoms with Crippen LogP contribution >= 0.6 is 11.8 Å². The standard InChI is InChI=1S/C24H24N4O2S/c1-5-27-23(29)22(31-24(27)26-19-8-10-21(30-4)11-9-19)14-18-13-16(2)28(17(18)3)20-7-6-12-25-15-20/h6-15H,5H2,1-4H3/b22-14+,26-24?. The molecule has 1 amide bonds. The molecule has 0 spiro atoms. The summed E-state index contributed by atoms with van der Waals surface area (Å²) in [5, 5.41) is 0.685. The number of aromatic nitrogens is 2. The predicted octanol–water partition coefficient (Wildman–Crippen LogP) is 5.12. The Morgan fingerprint density at radius 3 is 2.61 bits per heavy atom. The molecule has 2 aromatic heterocycles. The van der Waals surface area contributed by atoms with E-state index in [1.165, 1.54) is 11.8 Å². The van der Waals surface area contributed by atoms with Gasteiger partial charge in [0.2, 0.25) is 0 Å². The minimum atomic E-state index is -0.0223. The lowest BCUT2D eigenvalue weighted by Crippen LogP contribution is -2.28. The van der Waals surface area contributed by atoms with Gasteiger partial charge in [-0.25, -0.2) is 4.99 Å². The van der Waals surface area contributed by atoms with Crippen LogP contribution in [0.15, 0.2) is 64.8 Å². The molecule has 3 aromatic rings. The Bertz CT molecular complexity index is 1160. The number of rotatable bonds is 5. The van der Waals surface area contributed by atoms with Gasteiger partial charge in [-0.3, -0.25) is 14.7 Å². The Hall–Kier alpha value is -3.32. The monoisotopic (exact) mass is 432 g/mol. The van der Waals surface area contributed by atoms with Gasteiger partial charge in [0.15, 0.2) is 5.17 Å².